The van der Waals surface area contributed by atoms with Gasteiger partial charge in [0, 0.05) is 43.5 Å². The fraction of sp³-hybridized carbons (Fsp3) is 0.636. The lowest BCUT2D eigenvalue weighted by molar-refractivity contribution is 0.0357. The lowest BCUT2D eigenvalue weighted by atomic mass is 9.97. The number of fused-ring (bicyclic) bond motifs is 2. The van der Waals surface area contributed by atoms with E-state index in [9.17, 15) is 0 Å². The molecule has 1 saturated heterocycles. The Bertz CT molecular complexity index is 682. The highest BCUT2D eigenvalue weighted by Crippen LogP contribution is 2.44. The van der Waals surface area contributed by atoms with Gasteiger partial charge in [0.25, 0.3) is 0 Å². The number of benzene rings is 1. The summed E-state index contributed by atoms with van der Waals surface area (Å²) < 4.78 is 17.2. The van der Waals surface area contributed by atoms with Crippen molar-refractivity contribution in [2.45, 2.75) is 38.6 Å². The maximum Gasteiger partial charge on any atom is 0.163 e. The Morgan fingerprint density at radius 2 is 2.04 bits per heavy atom. The number of morpholine rings is 1. The van der Waals surface area contributed by atoms with E-state index < -0.39 is 0 Å². The zero-order chi connectivity index (χ0) is 18.6. The van der Waals surface area contributed by atoms with Crippen molar-refractivity contribution in [2.75, 3.05) is 58.0 Å². The van der Waals surface area contributed by atoms with Crippen molar-refractivity contribution in [3.8, 4) is 11.5 Å². The maximum absolute atomic E-state index is 6.16. The predicted octanol–water partition coefficient (Wildman–Crippen LogP) is 3.57. The molecule has 1 aliphatic carbocycles. The molecule has 0 aromatic heterocycles. The van der Waals surface area contributed by atoms with Gasteiger partial charge in [0.05, 0.1) is 33.0 Å². The number of anilines is 1. The molecule has 1 aromatic rings. The molecule has 1 unspecified atom stereocenters. The second kappa shape index (κ2) is 8.53. The van der Waals surface area contributed by atoms with E-state index in [1.807, 2.05) is 0 Å². The van der Waals surface area contributed by atoms with E-state index in [0.717, 1.165) is 57.3 Å². The molecule has 3 aliphatic rings. The SMILES string of the molecule is CCN1c2cc(OCCCN3CCOCC3)c(OC)cc2C=C2CCCC21. The number of rotatable bonds is 7. The highest BCUT2D eigenvalue weighted by atomic mass is 16.5. The average molecular weight is 373 g/mol. The van der Waals surface area contributed by atoms with Gasteiger partial charge in [-0.05, 0) is 44.2 Å². The van der Waals surface area contributed by atoms with Gasteiger partial charge >= 0.3 is 0 Å². The van der Waals surface area contributed by atoms with Gasteiger partial charge < -0.3 is 19.1 Å². The lowest BCUT2D eigenvalue weighted by Gasteiger charge is -2.36. The summed E-state index contributed by atoms with van der Waals surface area (Å²) in [6.07, 6.45) is 7.18. The number of nitrogens with zero attached hydrogens (tertiary/aromatic N) is 2. The van der Waals surface area contributed by atoms with Crippen molar-refractivity contribution in [1.29, 1.82) is 0 Å². The third-order valence-electron chi connectivity index (χ3n) is 6.03. The molecule has 1 aromatic carbocycles. The van der Waals surface area contributed by atoms with Crippen LogP contribution >= 0.6 is 0 Å². The van der Waals surface area contributed by atoms with Crippen LogP contribution in [-0.2, 0) is 4.74 Å². The quantitative estimate of drug-likeness (QED) is 0.684. The summed E-state index contributed by atoms with van der Waals surface area (Å²) in [4.78, 5) is 4.99. The van der Waals surface area contributed by atoms with E-state index in [4.69, 9.17) is 14.2 Å². The van der Waals surface area contributed by atoms with Crippen LogP contribution in [0, 0.1) is 0 Å². The van der Waals surface area contributed by atoms with Gasteiger partial charge in [-0.1, -0.05) is 6.08 Å². The molecule has 1 atom stereocenters. The number of methoxy groups -OCH3 is 1. The highest BCUT2D eigenvalue weighted by Gasteiger charge is 2.31. The van der Waals surface area contributed by atoms with Gasteiger partial charge in [-0.15, -0.1) is 0 Å². The van der Waals surface area contributed by atoms with Crippen LogP contribution < -0.4 is 14.4 Å². The van der Waals surface area contributed by atoms with Crippen molar-refractivity contribution in [3.05, 3.63) is 23.3 Å². The fourth-order valence-electron chi connectivity index (χ4n) is 4.63. The van der Waals surface area contributed by atoms with Crippen LogP contribution in [0.25, 0.3) is 6.08 Å². The average Bonchev–Trinajstić information content (AvgIpc) is 3.17. The zero-order valence-corrected chi connectivity index (χ0v) is 16.7. The van der Waals surface area contributed by atoms with Crippen molar-refractivity contribution in [2.24, 2.45) is 0 Å². The Labute approximate surface area is 162 Å². The summed E-state index contributed by atoms with van der Waals surface area (Å²) in [6.45, 7) is 8.81. The van der Waals surface area contributed by atoms with Crippen LogP contribution in [0.3, 0.4) is 0 Å². The largest absolute Gasteiger partial charge is 0.493 e. The predicted molar refractivity (Wildman–Crippen MR) is 109 cm³/mol. The van der Waals surface area contributed by atoms with Crippen LogP contribution in [0.5, 0.6) is 11.5 Å². The molecule has 2 heterocycles. The lowest BCUT2D eigenvalue weighted by Crippen LogP contribution is -2.37. The molecule has 5 nitrogen and oxygen atoms in total. The summed E-state index contributed by atoms with van der Waals surface area (Å²) in [7, 11) is 1.73. The normalized spacial score (nSPS) is 22.2. The van der Waals surface area contributed by atoms with Crippen LogP contribution in [0.2, 0.25) is 0 Å². The number of ether oxygens (including phenoxy) is 3. The summed E-state index contributed by atoms with van der Waals surface area (Å²) in [5, 5.41) is 0. The van der Waals surface area contributed by atoms with E-state index in [1.165, 1.54) is 30.5 Å². The van der Waals surface area contributed by atoms with Gasteiger partial charge in [-0.25, -0.2) is 0 Å². The first-order chi connectivity index (χ1) is 13.3. The minimum atomic E-state index is 0.574. The number of likely N-dealkylation sites (N-methyl/N-ethyl adjacent to an activating group) is 1. The molecular formula is C22H32N2O3. The van der Waals surface area contributed by atoms with E-state index in [-0.39, 0.29) is 0 Å². The van der Waals surface area contributed by atoms with Crippen molar-refractivity contribution in [3.63, 3.8) is 0 Å². The topological polar surface area (TPSA) is 34.2 Å². The molecule has 4 rings (SSSR count). The number of hydrogen-bond acceptors (Lipinski definition) is 5. The molecule has 148 valence electrons. The minimum absolute atomic E-state index is 0.574. The summed E-state index contributed by atoms with van der Waals surface area (Å²) in [5.74, 6) is 1.70. The van der Waals surface area contributed by atoms with Crippen molar-refractivity contribution in [1.82, 2.24) is 4.90 Å². The highest BCUT2D eigenvalue weighted by molar-refractivity contribution is 5.78. The zero-order valence-electron chi connectivity index (χ0n) is 16.7. The Hall–Kier alpha value is -1.72. The molecule has 2 fully saturated rings. The van der Waals surface area contributed by atoms with Gasteiger partial charge in [0.15, 0.2) is 11.5 Å². The first kappa shape index (κ1) is 18.6. The molecule has 0 bridgehead atoms. The summed E-state index contributed by atoms with van der Waals surface area (Å²) >= 11 is 0. The second-order valence-corrected chi connectivity index (χ2v) is 7.63. The Balaban J connectivity index is 1.45. The Morgan fingerprint density at radius 1 is 1.19 bits per heavy atom. The maximum atomic E-state index is 6.16. The molecule has 27 heavy (non-hydrogen) atoms. The standard InChI is InChI=1S/C22H32N2O3/c1-3-24-19-7-4-6-17(19)14-18-15-21(25-2)22(16-20(18)24)27-11-5-8-23-9-12-26-13-10-23/h14-16,19H,3-13H2,1-2H3. The van der Waals surface area contributed by atoms with Crippen LogP contribution in [0.15, 0.2) is 17.7 Å². The van der Waals surface area contributed by atoms with E-state index in [0.29, 0.717) is 12.6 Å². The van der Waals surface area contributed by atoms with Crippen LogP contribution in [0.4, 0.5) is 5.69 Å². The van der Waals surface area contributed by atoms with Gasteiger partial charge in [-0.3, -0.25) is 4.90 Å². The molecule has 0 radical (unpaired) electrons. The van der Waals surface area contributed by atoms with E-state index >= 15 is 0 Å². The molecule has 5 heteroatoms. The van der Waals surface area contributed by atoms with Crippen LogP contribution in [0.1, 0.15) is 38.2 Å². The Kier molecular flexibility index (Phi) is 5.89. The third kappa shape index (κ3) is 3.94. The smallest absolute Gasteiger partial charge is 0.163 e. The summed E-state index contributed by atoms with van der Waals surface area (Å²) in [6, 6.07) is 4.92. The van der Waals surface area contributed by atoms with Crippen LogP contribution in [-0.4, -0.2) is 64.1 Å². The monoisotopic (exact) mass is 372 g/mol. The molecule has 0 N–H and O–H groups in total. The second-order valence-electron chi connectivity index (χ2n) is 7.63. The first-order valence-electron chi connectivity index (χ1n) is 10.4. The fourth-order valence-corrected chi connectivity index (χ4v) is 4.63. The van der Waals surface area contributed by atoms with Gasteiger partial charge in [-0.2, -0.15) is 0 Å². The van der Waals surface area contributed by atoms with Crippen molar-refractivity contribution < 1.29 is 14.2 Å². The summed E-state index contributed by atoms with van der Waals surface area (Å²) in [5.41, 5.74) is 4.13. The molecule has 0 spiro atoms. The number of hydrogen-bond donors (Lipinski definition) is 0. The van der Waals surface area contributed by atoms with E-state index in [1.54, 1.807) is 12.7 Å². The Morgan fingerprint density at radius 3 is 2.81 bits per heavy atom. The van der Waals surface area contributed by atoms with Crippen molar-refractivity contribution >= 4 is 11.8 Å². The first-order valence-corrected chi connectivity index (χ1v) is 10.4. The molecule has 1 saturated carbocycles. The minimum Gasteiger partial charge on any atom is -0.493 e. The molecule has 0 amide bonds. The van der Waals surface area contributed by atoms with Gasteiger partial charge in [0.2, 0.25) is 0 Å². The third-order valence-corrected chi connectivity index (χ3v) is 6.03. The van der Waals surface area contributed by atoms with Gasteiger partial charge in [0.1, 0.15) is 0 Å². The molecular weight excluding hydrogens is 340 g/mol. The molecule has 2 aliphatic heterocycles. The van der Waals surface area contributed by atoms with E-state index in [2.05, 4.69) is 34.9 Å².